The fraction of sp³-hybridized carbons (Fsp3) is 0.700. The zero-order valence-corrected chi connectivity index (χ0v) is 29.3. The number of carboxylic acids is 1. The van der Waals surface area contributed by atoms with Gasteiger partial charge in [0.2, 0.25) is 5.91 Å². The maximum absolute atomic E-state index is 14.1. The van der Waals surface area contributed by atoms with E-state index in [1.54, 1.807) is 17.7 Å². The molecule has 5 nitrogen and oxygen atoms in total. The predicted molar refractivity (Wildman–Crippen MR) is 183 cm³/mol. The summed E-state index contributed by atoms with van der Waals surface area (Å²) < 4.78 is 0. The molecule has 8 unspecified atom stereocenters. The summed E-state index contributed by atoms with van der Waals surface area (Å²) in [5.74, 6) is 1.60. The van der Waals surface area contributed by atoms with E-state index in [-0.39, 0.29) is 27.1 Å². The van der Waals surface area contributed by atoms with Gasteiger partial charge in [0, 0.05) is 13.1 Å². The molecule has 0 saturated heterocycles. The van der Waals surface area contributed by atoms with Crippen LogP contribution in [0.3, 0.4) is 0 Å². The van der Waals surface area contributed by atoms with Gasteiger partial charge < -0.3 is 15.3 Å². The predicted octanol–water partition coefficient (Wildman–Crippen LogP) is 8.47. The molecule has 0 aliphatic heterocycles. The molecule has 0 bridgehead atoms. The van der Waals surface area contributed by atoms with Crippen molar-refractivity contribution in [2.24, 2.45) is 50.7 Å². The number of allylic oxidation sites excluding steroid dienone is 4. The summed E-state index contributed by atoms with van der Waals surface area (Å²) in [6.07, 6.45) is 15.2. The number of hydrogen-bond donors (Lipinski definition) is 2. The monoisotopic (exact) mass is 614 g/mol. The van der Waals surface area contributed by atoms with Crippen LogP contribution in [0.2, 0.25) is 0 Å². The van der Waals surface area contributed by atoms with Gasteiger partial charge in [-0.25, -0.2) is 4.79 Å². The molecular formula is C40H58N2O3. The summed E-state index contributed by atoms with van der Waals surface area (Å²) >= 11 is 0. The average molecular weight is 615 g/mol. The normalized spacial score (nSPS) is 40.2. The number of amides is 1. The van der Waals surface area contributed by atoms with Crippen molar-refractivity contribution in [1.29, 1.82) is 0 Å². The third-order valence-corrected chi connectivity index (χ3v) is 14.7. The Labute approximate surface area is 272 Å². The van der Waals surface area contributed by atoms with Crippen molar-refractivity contribution in [2.45, 2.75) is 99.3 Å². The van der Waals surface area contributed by atoms with Crippen LogP contribution in [-0.4, -0.2) is 49.1 Å². The molecule has 246 valence electrons. The van der Waals surface area contributed by atoms with Crippen LogP contribution in [-0.2, 0) is 4.79 Å². The van der Waals surface area contributed by atoms with Crippen LogP contribution in [0.25, 0.3) is 5.57 Å². The summed E-state index contributed by atoms with van der Waals surface area (Å²) in [6.45, 7) is 16.7. The second kappa shape index (κ2) is 11.1. The van der Waals surface area contributed by atoms with E-state index in [9.17, 15) is 14.7 Å². The van der Waals surface area contributed by atoms with Crippen molar-refractivity contribution in [3.05, 3.63) is 53.1 Å². The molecule has 0 heterocycles. The number of rotatable bonds is 6. The van der Waals surface area contributed by atoms with Crippen molar-refractivity contribution in [3.8, 4) is 0 Å². The van der Waals surface area contributed by atoms with Gasteiger partial charge >= 0.3 is 5.97 Å². The molecule has 0 radical (unpaired) electrons. The van der Waals surface area contributed by atoms with Crippen molar-refractivity contribution in [3.63, 3.8) is 0 Å². The van der Waals surface area contributed by atoms with Crippen molar-refractivity contribution < 1.29 is 14.7 Å². The number of carbonyl (C=O) groups excluding carboxylic acids is 1. The quantitative estimate of drug-likeness (QED) is 0.316. The van der Waals surface area contributed by atoms with Gasteiger partial charge in [-0.15, -0.1) is 0 Å². The molecule has 45 heavy (non-hydrogen) atoms. The van der Waals surface area contributed by atoms with E-state index in [4.69, 9.17) is 0 Å². The maximum atomic E-state index is 14.1. The number of aromatic carboxylic acids is 1. The summed E-state index contributed by atoms with van der Waals surface area (Å²) in [6, 6.07) is 7.54. The fourth-order valence-corrected chi connectivity index (χ4v) is 12.0. The fourth-order valence-electron chi connectivity index (χ4n) is 12.0. The van der Waals surface area contributed by atoms with E-state index in [0.717, 1.165) is 63.6 Å². The van der Waals surface area contributed by atoms with E-state index in [0.29, 0.717) is 35.1 Å². The topological polar surface area (TPSA) is 69.6 Å². The summed E-state index contributed by atoms with van der Waals surface area (Å²) in [5, 5.41) is 12.8. The van der Waals surface area contributed by atoms with Gasteiger partial charge in [-0.2, -0.15) is 0 Å². The number of hydrogen-bond acceptors (Lipinski definition) is 3. The van der Waals surface area contributed by atoms with Crippen molar-refractivity contribution in [2.75, 3.05) is 27.2 Å². The van der Waals surface area contributed by atoms with Crippen LogP contribution in [0.1, 0.15) is 115 Å². The second-order valence-electron chi connectivity index (χ2n) is 17.4. The SMILES string of the molecule is CC1CCC2(C(=O)NCCN(C)C)CCC3(C)C(=CCC4C5(C)CC=C(c6ccc(C(=O)O)cc6)C(C)(C)C5CCC43C)C2C1. The number of fused-ring (bicyclic) bond motifs is 7. The third-order valence-electron chi connectivity index (χ3n) is 14.7. The van der Waals surface area contributed by atoms with E-state index < -0.39 is 5.97 Å². The number of nitrogens with one attached hydrogen (secondary N) is 1. The van der Waals surface area contributed by atoms with Crippen LogP contribution in [0.4, 0.5) is 0 Å². The number of carbonyl (C=O) groups is 2. The standard InChI is InChI=1S/C40H58N2O3/c1-26-15-20-40(35(45)41-23-24-42(7)8)22-21-38(5)30(31(40)25-26)13-14-33-37(4)18-16-29(27-9-11-28(12-10-27)34(43)44)36(2,3)32(37)17-19-39(33,38)6/h9-13,16,26,31-33H,14-15,17-25H2,1-8H3,(H,41,45)(H,43,44). The summed E-state index contributed by atoms with van der Waals surface area (Å²) in [5.41, 5.74) is 4.75. The molecule has 3 saturated carbocycles. The molecule has 0 spiro atoms. The lowest BCUT2D eigenvalue weighted by Gasteiger charge is -2.70. The van der Waals surface area contributed by atoms with E-state index in [2.05, 4.69) is 78.0 Å². The summed E-state index contributed by atoms with van der Waals surface area (Å²) in [4.78, 5) is 27.8. The van der Waals surface area contributed by atoms with Gasteiger partial charge in [-0.1, -0.05) is 71.4 Å². The Balaban J connectivity index is 1.34. The van der Waals surface area contributed by atoms with Gasteiger partial charge in [0.05, 0.1) is 11.0 Å². The number of likely N-dealkylation sites (N-methyl/N-ethyl adjacent to an activating group) is 1. The highest BCUT2D eigenvalue weighted by molar-refractivity contribution is 5.88. The smallest absolute Gasteiger partial charge is 0.335 e. The molecule has 2 N–H and O–H groups in total. The minimum Gasteiger partial charge on any atom is -0.478 e. The van der Waals surface area contributed by atoms with Crippen molar-refractivity contribution >= 4 is 17.4 Å². The minimum atomic E-state index is -0.872. The first kappa shape index (κ1) is 32.5. The third kappa shape index (κ3) is 4.80. The molecule has 0 aromatic heterocycles. The van der Waals surface area contributed by atoms with Crippen LogP contribution >= 0.6 is 0 Å². The highest BCUT2D eigenvalue weighted by atomic mass is 16.4. The highest BCUT2D eigenvalue weighted by Gasteiger charge is 2.68. The van der Waals surface area contributed by atoms with Gasteiger partial charge in [0.1, 0.15) is 0 Å². The summed E-state index contributed by atoms with van der Waals surface area (Å²) in [7, 11) is 4.15. The molecule has 1 aromatic carbocycles. The maximum Gasteiger partial charge on any atom is 0.335 e. The van der Waals surface area contributed by atoms with Crippen molar-refractivity contribution in [1.82, 2.24) is 10.2 Å². The van der Waals surface area contributed by atoms with Crippen LogP contribution in [0.5, 0.6) is 0 Å². The Kier molecular flexibility index (Phi) is 8.03. The minimum absolute atomic E-state index is 0.00483. The van der Waals surface area contributed by atoms with E-state index >= 15 is 0 Å². The van der Waals surface area contributed by atoms with Crippen LogP contribution < -0.4 is 5.32 Å². The zero-order chi connectivity index (χ0) is 32.6. The van der Waals surface area contributed by atoms with Gasteiger partial charge in [0.15, 0.2) is 0 Å². The number of benzene rings is 1. The molecular weight excluding hydrogens is 556 g/mol. The molecule has 6 rings (SSSR count). The Morgan fingerprint density at radius 2 is 1.64 bits per heavy atom. The van der Waals surface area contributed by atoms with E-state index in [1.807, 2.05) is 12.1 Å². The number of carboxylic acid groups (broad SMARTS) is 1. The lowest BCUT2D eigenvalue weighted by molar-refractivity contribution is -0.165. The van der Waals surface area contributed by atoms with Crippen LogP contribution in [0, 0.1) is 50.7 Å². The largest absolute Gasteiger partial charge is 0.478 e. The first-order valence-corrected chi connectivity index (χ1v) is 17.8. The van der Waals surface area contributed by atoms with Gasteiger partial charge in [0.25, 0.3) is 0 Å². The highest BCUT2D eigenvalue weighted by Crippen LogP contribution is 2.75. The van der Waals surface area contributed by atoms with Crippen LogP contribution in [0.15, 0.2) is 42.0 Å². The lowest BCUT2D eigenvalue weighted by Crippen LogP contribution is -2.64. The molecule has 1 amide bonds. The van der Waals surface area contributed by atoms with Gasteiger partial charge in [-0.05, 0) is 140 Å². The Bertz CT molecular complexity index is 1410. The second-order valence-corrected chi connectivity index (χ2v) is 17.4. The molecule has 5 aliphatic carbocycles. The molecule has 8 atom stereocenters. The molecule has 5 aliphatic rings. The first-order chi connectivity index (χ1) is 21.1. The Morgan fingerprint density at radius 3 is 2.31 bits per heavy atom. The first-order valence-electron chi connectivity index (χ1n) is 17.8. The van der Waals surface area contributed by atoms with E-state index in [1.165, 1.54) is 18.4 Å². The molecule has 5 heteroatoms. The Hall–Kier alpha value is -2.40. The molecule has 1 aromatic rings. The zero-order valence-electron chi connectivity index (χ0n) is 29.3. The average Bonchev–Trinajstić information content (AvgIpc) is 2.97. The lowest BCUT2D eigenvalue weighted by atomic mass is 9.34. The Morgan fingerprint density at radius 1 is 0.933 bits per heavy atom. The number of nitrogens with zero attached hydrogens (tertiary/aromatic N) is 1. The van der Waals surface area contributed by atoms with Gasteiger partial charge in [-0.3, -0.25) is 4.79 Å². The molecule has 3 fully saturated rings.